The number of hydrogen-bond acceptors (Lipinski definition) is 8. The van der Waals surface area contributed by atoms with E-state index >= 15 is 0 Å². The summed E-state index contributed by atoms with van der Waals surface area (Å²) in [7, 11) is 0. The fourth-order valence-corrected chi connectivity index (χ4v) is 2.38. The molecule has 3 heterocycles. The SMILES string of the molecule is O=c1[nH]c([C@H]2[C@H]3OC[C@](CO)(O3)[C@H](O)[C@@H]2O)no1. The summed E-state index contributed by atoms with van der Waals surface area (Å²) >= 11 is 0. The standard InChI is InChI=1S/C9H12N2O7/c12-1-9-2-16-7(17-9)3(4(13)5(9)14)6-10-8(15)18-11-6/h3-5,7,12-14H,1-2H2,(H,10,11,15)/t3-,4+,5+,7-,9-/m0/s1. The Morgan fingerprint density at radius 1 is 1.50 bits per heavy atom. The highest BCUT2D eigenvalue weighted by molar-refractivity contribution is 5.12. The Bertz CT molecular complexity index is 499. The molecular weight excluding hydrogens is 248 g/mol. The molecule has 1 aromatic rings. The Morgan fingerprint density at radius 2 is 2.28 bits per heavy atom. The fourth-order valence-electron chi connectivity index (χ4n) is 2.38. The highest BCUT2D eigenvalue weighted by atomic mass is 16.7. The number of rotatable bonds is 2. The summed E-state index contributed by atoms with van der Waals surface area (Å²) in [6.07, 6.45) is -3.55. The average molecular weight is 260 g/mol. The van der Waals surface area contributed by atoms with E-state index < -0.39 is 42.4 Å². The lowest BCUT2D eigenvalue weighted by Gasteiger charge is -2.40. The summed E-state index contributed by atoms with van der Waals surface area (Å²) in [5.74, 6) is -1.62. The third-order valence-corrected chi connectivity index (χ3v) is 3.41. The zero-order valence-corrected chi connectivity index (χ0v) is 9.15. The van der Waals surface area contributed by atoms with Crippen molar-refractivity contribution in [2.45, 2.75) is 30.0 Å². The molecule has 9 nitrogen and oxygen atoms in total. The molecule has 4 N–H and O–H groups in total. The second kappa shape index (κ2) is 3.87. The van der Waals surface area contributed by atoms with Gasteiger partial charge in [0.25, 0.3) is 0 Å². The lowest BCUT2D eigenvalue weighted by atomic mass is 9.84. The van der Waals surface area contributed by atoms with Gasteiger partial charge in [-0.25, -0.2) is 4.79 Å². The van der Waals surface area contributed by atoms with E-state index in [1.165, 1.54) is 0 Å². The molecule has 0 amide bonds. The number of aromatic amines is 1. The van der Waals surface area contributed by atoms with Crippen molar-refractivity contribution in [1.29, 1.82) is 0 Å². The number of aromatic nitrogens is 2. The second-order valence-electron chi connectivity index (χ2n) is 4.46. The zero-order valence-electron chi connectivity index (χ0n) is 9.15. The van der Waals surface area contributed by atoms with E-state index in [4.69, 9.17) is 9.47 Å². The van der Waals surface area contributed by atoms with Gasteiger partial charge < -0.3 is 24.8 Å². The number of ether oxygens (including phenoxy) is 2. The van der Waals surface area contributed by atoms with Crippen LogP contribution < -0.4 is 5.76 Å². The van der Waals surface area contributed by atoms with Gasteiger partial charge in [0.1, 0.15) is 17.6 Å². The molecule has 2 fully saturated rings. The average Bonchev–Trinajstić information content (AvgIpc) is 2.94. The predicted octanol–water partition coefficient (Wildman–Crippen LogP) is -2.71. The topological polar surface area (TPSA) is 138 Å². The van der Waals surface area contributed by atoms with Gasteiger partial charge in [-0.1, -0.05) is 5.16 Å². The van der Waals surface area contributed by atoms with Gasteiger partial charge in [0.15, 0.2) is 12.1 Å². The van der Waals surface area contributed by atoms with Crippen LogP contribution >= 0.6 is 0 Å². The lowest BCUT2D eigenvalue weighted by molar-refractivity contribution is -0.232. The largest absolute Gasteiger partial charge is 0.438 e. The smallest absolute Gasteiger partial charge is 0.393 e. The van der Waals surface area contributed by atoms with Crippen molar-refractivity contribution in [3.8, 4) is 0 Å². The van der Waals surface area contributed by atoms with Gasteiger partial charge in [-0.05, 0) is 0 Å². The molecular formula is C9H12N2O7. The molecule has 9 heteroatoms. The molecule has 0 saturated carbocycles. The second-order valence-corrected chi connectivity index (χ2v) is 4.46. The predicted molar refractivity (Wildman–Crippen MR) is 52.5 cm³/mol. The van der Waals surface area contributed by atoms with Gasteiger partial charge in [0.2, 0.25) is 0 Å². The molecule has 0 radical (unpaired) electrons. The van der Waals surface area contributed by atoms with Crippen molar-refractivity contribution in [2.75, 3.05) is 13.2 Å². The van der Waals surface area contributed by atoms with E-state index in [-0.39, 0.29) is 12.4 Å². The van der Waals surface area contributed by atoms with Crippen molar-refractivity contribution >= 4 is 0 Å². The zero-order chi connectivity index (χ0) is 12.9. The van der Waals surface area contributed by atoms with E-state index in [2.05, 4.69) is 14.7 Å². The van der Waals surface area contributed by atoms with E-state index in [1.54, 1.807) is 0 Å². The molecule has 0 unspecified atom stereocenters. The molecule has 0 aliphatic carbocycles. The Balaban J connectivity index is 1.96. The van der Waals surface area contributed by atoms with E-state index in [0.717, 1.165) is 0 Å². The minimum absolute atomic E-state index is 0.0324. The maximum atomic E-state index is 10.9. The minimum atomic E-state index is -1.36. The first-order valence-electron chi connectivity index (χ1n) is 5.40. The van der Waals surface area contributed by atoms with Crippen LogP contribution in [0.5, 0.6) is 0 Å². The number of H-pyrrole nitrogens is 1. The molecule has 2 aliphatic rings. The van der Waals surface area contributed by atoms with Crippen LogP contribution in [0.15, 0.2) is 9.32 Å². The summed E-state index contributed by atoms with van der Waals surface area (Å²) in [5, 5.41) is 32.7. The van der Waals surface area contributed by atoms with Crippen molar-refractivity contribution in [2.24, 2.45) is 0 Å². The Morgan fingerprint density at radius 3 is 2.89 bits per heavy atom. The minimum Gasteiger partial charge on any atom is -0.393 e. The normalized spacial score (nSPS) is 43.3. The fraction of sp³-hybridized carbons (Fsp3) is 0.778. The quantitative estimate of drug-likeness (QED) is 0.450. The number of hydrogen-bond donors (Lipinski definition) is 4. The van der Waals surface area contributed by atoms with Crippen LogP contribution in [-0.2, 0) is 9.47 Å². The molecule has 0 aromatic carbocycles. The van der Waals surface area contributed by atoms with Gasteiger partial charge in [0.05, 0.1) is 19.3 Å². The van der Waals surface area contributed by atoms with Crippen LogP contribution in [0.2, 0.25) is 0 Å². The van der Waals surface area contributed by atoms with Crippen molar-refractivity contribution in [1.82, 2.24) is 10.1 Å². The summed E-state index contributed by atoms with van der Waals surface area (Å²) in [5.41, 5.74) is -1.33. The van der Waals surface area contributed by atoms with E-state index in [0.29, 0.717) is 0 Å². The van der Waals surface area contributed by atoms with Crippen LogP contribution in [0.25, 0.3) is 0 Å². The monoisotopic (exact) mass is 260 g/mol. The maximum Gasteiger partial charge on any atom is 0.438 e. The molecule has 2 saturated heterocycles. The van der Waals surface area contributed by atoms with Crippen molar-refractivity contribution in [3.63, 3.8) is 0 Å². The van der Waals surface area contributed by atoms with Gasteiger partial charge in [-0.3, -0.25) is 9.51 Å². The number of aliphatic hydroxyl groups is 3. The van der Waals surface area contributed by atoms with Gasteiger partial charge >= 0.3 is 5.76 Å². The molecule has 100 valence electrons. The number of nitrogens with one attached hydrogen (secondary N) is 1. The van der Waals surface area contributed by atoms with Crippen LogP contribution in [0.1, 0.15) is 11.7 Å². The Hall–Kier alpha value is -1.26. The third-order valence-electron chi connectivity index (χ3n) is 3.41. The van der Waals surface area contributed by atoms with Gasteiger partial charge in [0, 0.05) is 0 Å². The molecule has 2 bridgehead atoms. The molecule has 1 aromatic heterocycles. The number of fused-ring (bicyclic) bond motifs is 2. The Kier molecular flexibility index (Phi) is 2.54. The molecule has 3 rings (SSSR count). The summed E-state index contributed by atoms with van der Waals surface area (Å²) in [6.45, 7) is -0.533. The first-order chi connectivity index (χ1) is 8.57. The lowest BCUT2D eigenvalue weighted by Crippen LogP contribution is -2.59. The highest BCUT2D eigenvalue weighted by Gasteiger charge is 2.60. The summed E-state index contributed by atoms with van der Waals surface area (Å²) < 4.78 is 15.0. The van der Waals surface area contributed by atoms with E-state index in [1.807, 2.05) is 0 Å². The van der Waals surface area contributed by atoms with Gasteiger partial charge in [-0.2, -0.15) is 0 Å². The third kappa shape index (κ3) is 1.45. The number of nitrogens with zero attached hydrogens (tertiary/aromatic N) is 1. The van der Waals surface area contributed by atoms with Crippen LogP contribution in [-0.4, -0.2) is 62.8 Å². The van der Waals surface area contributed by atoms with Gasteiger partial charge in [-0.15, -0.1) is 0 Å². The van der Waals surface area contributed by atoms with Crippen LogP contribution in [0, 0.1) is 0 Å². The Labute approximate surface area is 99.9 Å². The summed E-state index contributed by atoms with van der Waals surface area (Å²) in [6, 6.07) is 0. The molecule has 0 spiro atoms. The first kappa shape index (κ1) is 11.8. The van der Waals surface area contributed by atoms with Crippen molar-refractivity contribution < 1.29 is 29.3 Å². The molecule has 2 aliphatic heterocycles. The van der Waals surface area contributed by atoms with E-state index in [9.17, 15) is 20.1 Å². The summed E-state index contributed by atoms with van der Waals surface area (Å²) in [4.78, 5) is 13.2. The highest BCUT2D eigenvalue weighted by Crippen LogP contribution is 2.43. The van der Waals surface area contributed by atoms with Crippen LogP contribution in [0.4, 0.5) is 0 Å². The molecule has 5 atom stereocenters. The van der Waals surface area contributed by atoms with Crippen LogP contribution in [0.3, 0.4) is 0 Å². The van der Waals surface area contributed by atoms with Crippen molar-refractivity contribution in [3.05, 3.63) is 16.4 Å². The maximum absolute atomic E-state index is 10.9. The number of aliphatic hydroxyl groups excluding tert-OH is 3. The molecule has 18 heavy (non-hydrogen) atoms. The first-order valence-corrected chi connectivity index (χ1v) is 5.40.